The summed E-state index contributed by atoms with van der Waals surface area (Å²) < 4.78 is 5.57. The Morgan fingerprint density at radius 3 is 2.81 bits per heavy atom. The van der Waals surface area contributed by atoms with Crippen LogP contribution in [0.1, 0.15) is 50.4 Å². The van der Waals surface area contributed by atoms with E-state index in [2.05, 4.69) is 10.2 Å². The van der Waals surface area contributed by atoms with Crippen LogP contribution in [-0.4, -0.2) is 10.2 Å². The van der Waals surface area contributed by atoms with Gasteiger partial charge in [-0.15, -0.1) is 10.2 Å². The molecule has 4 nitrogen and oxygen atoms in total. The number of hydrogen-bond donors (Lipinski definition) is 1. The van der Waals surface area contributed by atoms with Crippen LogP contribution >= 0.6 is 0 Å². The fraction of sp³-hybridized carbons (Fsp3) is 0.833. The van der Waals surface area contributed by atoms with Crippen LogP contribution in [0.3, 0.4) is 0 Å². The molecule has 2 saturated carbocycles. The lowest BCUT2D eigenvalue weighted by Gasteiger charge is -2.19. The molecule has 0 spiro atoms. The third-order valence-electron chi connectivity index (χ3n) is 4.19. The number of nitrogens with two attached hydrogens (primary N) is 1. The highest BCUT2D eigenvalue weighted by Gasteiger charge is 2.39. The molecule has 0 saturated heterocycles. The summed E-state index contributed by atoms with van der Waals surface area (Å²) in [4.78, 5) is 0. The van der Waals surface area contributed by atoms with Crippen molar-refractivity contribution < 1.29 is 4.42 Å². The largest absolute Gasteiger partial charge is 0.424 e. The van der Waals surface area contributed by atoms with E-state index in [4.69, 9.17) is 10.2 Å². The van der Waals surface area contributed by atoms with E-state index in [0.717, 1.165) is 30.1 Å². The molecular formula is C12H19N3O. The molecule has 4 heteroatoms. The standard InChI is InChI=1S/C12H19N3O/c1-7(13)12-15-14-11(16-12)6-10-5-8-2-3-9(10)4-8/h7-10H,2-6,13H2,1H3. The van der Waals surface area contributed by atoms with Gasteiger partial charge in [0.1, 0.15) is 0 Å². The van der Waals surface area contributed by atoms with Gasteiger partial charge in [0.25, 0.3) is 0 Å². The number of aromatic nitrogens is 2. The number of fused-ring (bicyclic) bond motifs is 2. The molecule has 1 heterocycles. The third-order valence-corrected chi connectivity index (χ3v) is 4.19. The van der Waals surface area contributed by atoms with Crippen molar-refractivity contribution in [2.24, 2.45) is 23.5 Å². The Balaban J connectivity index is 1.65. The zero-order valence-electron chi connectivity index (χ0n) is 9.72. The van der Waals surface area contributed by atoms with Gasteiger partial charge in [-0.25, -0.2) is 0 Å². The lowest BCUT2D eigenvalue weighted by molar-refractivity contribution is 0.301. The second-order valence-electron chi connectivity index (χ2n) is 5.46. The first-order valence-electron chi connectivity index (χ1n) is 6.30. The van der Waals surface area contributed by atoms with Crippen LogP contribution in [-0.2, 0) is 6.42 Å². The summed E-state index contributed by atoms with van der Waals surface area (Å²) in [5.41, 5.74) is 5.70. The van der Waals surface area contributed by atoms with Crippen molar-refractivity contribution in [2.45, 2.75) is 45.1 Å². The highest BCUT2D eigenvalue weighted by atomic mass is 16.4. The average Bonchev–Trinajstić information content (AvgIpc) is 2.91. The molecule has 2 N–H and O–H groups in total. The number of nitrogens with zero attached hydrogens (tertiary/aromatic N) is 2. The van der Waals surface area contributed by atoms with E-state index < -0.39 is 0 Å². The molecule has 2 aliphatic carbocycles. The van der Waals surface area contributed by atoms with Crippen molar-refractivity contribution >= 4 is 0 Å². The summed E-state index contributed by atoms with van der Waals surface area (Å²) in [6.07, 6.45) is 6.60. The maximum Gasteiger partial charge on any atom is 0.232 e. The summed E-state index contributed by atoms with van der Waals surface area (Å²) in [5.74, 6) is 4.02. The Kier molecular flexibility index (Phi) is 2.46. The van der Waals surface area contributed by atoms with Crippen molar-refractivity contribution in [3.8, 4) is 0 Å². The lowest BCUT2D eigenvalue weighted by Crippen LogP contribution is -2.13. The van der Waals surface area contributed by atoms with E-state index in [9.17, 15) is 0 Å². The third kappa shape index (κ3) is 1.75. The van der Waals surface area contributed by atoms with E-state index >= 15 is 0 Å². The second-order valence-corrected chi connectivity index (χ2v) is 5.46. The molecule has 4 unspecified atom stereocenters. The molecule has 2 fully saturated rings. The van der Waals surface area contributed by atoms with Crippen LogP contribution in [0.2, 0.25) is 0 Å². The molecule has 1 aromatic heterocycles. The van der Waals surface area contributed by atoms with Crippen LogP contribution in [0, 0.1) is 17.8 Å². The average molecular weight is 221 g/mol. The van der Waals surface area contributed by atoms with E-state index in [0.29, 0.717) is 5.89 Å². The van der Waals surface area contributed by atoms with Gasteiger partial charge in [0.2, 0.25) is 11.8 Å². The molecule has 1 aromatic rings. The monoisotopic (exact) mass is 221 g/mol. The lowest BCUT2D eigenvalue weighted by atomic mass is 9.86. The smallest absolute Gasteiger partial charge is 0.232 e. The summed E-state index contributed by atoms with van der Waals surface area (Å²) in [5, 5.41) is 8.07. The van der Waals surface area contributed by atoms with E-state index in [1.54, 1.807) is 0 Å². The summed E-state index contributed by atoms with van der Waals surface area (Å²) >= 11 is 0. The Hall–Kier alpha value is -0.900. The second kappa shape index (κ2) is 3.84. The molecule has 2 aliphatic rings. The molecule has 88 valence electrons. The first kappa shape index (κ1) is 10.3. The minimum Gasteiger partial charge on any atom is -0.424 e. The van der Waals surface area contributed by atoms with Crippen LogP contribution in [0.25, 0.3) is 0 Å². The maximum atomic E-state index is 5.70. The first-order chi connectivity index (χ1) is 7.72. The molecule has 0 radical (unpaired) electrons. The minimum absolute atomic E-state index is 0.152. The highest BCUT2D eigenvalue weighted by Crippen LogP contribution is 2.49. The van der Waals surface area contributed by atoms with Gasteiger partial charge in [0, 0.05) is 6.42 Å². The highest BCUT2D eigenvalue weighted by molar-refractivity contribution is 4.95. The first-order valence-corrected chi connectivity index (χ1v) is 6.30. The van der Waals surface area contributed by atoms with Crippen molar-refractivity contribution in [2.75, 3.05) is 0 Å². The Morgan fingerprint density at radius 2 is 2.25 bits per heavy atom. The molecule has 0 amide bonds. The normalized spacial score (nSPS) is 34.5. The predicted octanol–water partition coefficient (Wildman–Crippen LogP) is 2.07. The summed E-state index contributed by atoms with van der Waals surface area (Å²) in [6.45, 7) is 1.87. The Bertz CT molecular complexity index is 374. The van der Waals surface area contributed by atoms with Crippen LogP contribution in [0.15, 0.2) is 4.42 Å². The molecule has 2 bridgehead atoms. The van der Waals surface area contributed by atoms with Crippen molar-refractivity contribution in [1.29, 1.82) is 0 Å². The number of rotatable bonds is 3. The fourth-order valence-corrected chi connectivity index (χ4v) is 3.38. The maximum absolute atomic E-state index is 5.70. The van der Waals surface area contributed by atoms with E-state index in [-0.39, 0.29) is 6.04 Å². The van der Waals surface area contributed by atoms with Gasteiger partial charge in [0.15, 0.2) is 0 Å². The molecule has 0 aromatic carbocycles. The van der Waals surface area contributed by atoms with Gasteiger partial charge in [-0.1, -0.05) is 6.42 Å². The molecule has 16 heavy (non-hydrogen) atoms. The van der Waals surface area contributed by atoms with Crippen molar-refractivity contribution in [3.05, 3.63) is 11.8 Å². The zero-order chi connectivity index (χ0) is 11.1. The molecular weight excluding hydrogens is 202 g/mol. The summed E-state index contributed by atoms with van der Waals surface area (Å²) in [7, 11) is 0. The molecule has 0 aliphatic heterocycles. The van der Waals surface area contributed by atoms with Crippen LogP contribution in [0.5, 0.6) is 0 Å². The zero-order valence-corrected chi connectivity index (χ0v) is 9.72. The predicted molar refractivity (Wildman–Crippen MR) is 59.5 cm³/mol. The number of hydrogen-bond acceptors (Lipinski definition) is 4. The van der Waals surface area contributed by atoms with Crippen LogP contribution < -0.4 is 5.73 Å². The fourth-order valence-electron chi connectivity index (χ4n) is 3.38. The quantitative estimate of drug-likeness (QED) is 0.848. The van der Waals surface area contributed by atoms with Gasteiger partial charge in [-0.05, 0) is 43.9 Å². The SMILES string of the molecule is CC(N)c1nnc(CC2CC3CCC2C3)o1. The molecule has 4 atom stereocenters. The van der Waals surface area contributed by atoms with E-state index in [1.165, 1.54) is 25.7 Å². The topological polar surface area (TPSA) is 64.9 Å². The van der Waals surface area contributed by atoms with Gasteiger partial charge in [-0.3, -0.25) is 0 Å². The van der Waals surface area contributed by atoms with Gasteiger partial charge in [0.05, 0.1) is 6.04 Å². The minimum atomic E-state index is -0.152. The Morgan fingerprint density at radius 1 is 1.38 bits per heavy atom. The van der Waals surface area contributed by atoms with Gasteiger partial charge >= 0.3 is 0 Å². The summed E-state index contributed by atoms with van der Waals surface area (Å²) in [6, 6.07) is -0.152. The van der Waals surface area contributed by atoms with Crippen molar-refractivity contribution in [3.63, 3.8) is 0 Å². The van der Waals surface area contributed by atoms with Crippen LogP contribution in [0.4, 0.5) is 0 Å². The van der Waals surface area contributed by atoms with Crippen molar-refractivity contribution in [1.82, 2.24) is 10.2 Å². The molecule has 3 rings (SSSR count). The van der Waals surface area contributed by atoms with Gasteiger partial charge in [-0.2, -0.15) is 0 Å². The van der Waals surface area contributed by atoms with E-state index in [1.807, 2.05) is 6.92 Å². The Labute approximate surface area is 95.6 Å². The van der Waals surface area contributed by atoms with Gasteiger partial charge < -0.3 is 10.2 Å².